The number of halogens is 2. The Morgan fingerprint density at radius 1 is 1.12 bits per heavy atom. The fourth-order valence-corrected chi connectivity index (χ4v) is 4.98. The van der Waals surface area contributed by atoms with Gasteiger partial charge in [0.05, 0.1) is 12.9 Å². The number of amides is 2. The summed E-state index contributed by atoms with van der Waals surface area (Å²) in [4.78, 5) is 28.1. The number of nitrogens with zero attached hydrogens (tertiary/aromatic N) is 1. The first-order chi connectivity index (χ1) is 15.6. The Morgan fingerprint density at radius 2 is 1.76 bits per heavy atom. The first-order valence-corrected chi connectivity index (χ1v) is 12.7. The largest absolute Gasteiger partial charge is 0.497 e. The Labute approximate surface area is 211 Å². The standard InChI is InChI=1S/C25H32Cl2N2O3S/c1-6-22(24(31)28-25(2,3)4)29(14-17-9-7-10-18(13-17)32-5)23(30)16-33-15-19-20(26)11-8-12-21(19)27/h7-13,22H,6,14-16H2,1-5H3,(H,28,31)/t22-/m1/s1. The van der Waals surface area contributed by atoms with Crippen molar-refractivity contribution >= 4 is 46.8 Å². The van der Waals surface area contributed by atoms with Crippen molar-refractivity contribution in [2.45, 2.75) is 58.0 Å². The number of thioether (sulfide) groups is 1. The van der Waals surface area contributed by atoms with Gasteiger partial charge in [-0.05, 0) is 62.6 Å². The van der Waals surface area contributed by atoms with Crippen LogP contribution in [0.4, 0.5) is 0 Å². The van der Waals surface area contributed by atoms with Crippen molar-refractivity contribution in [2.24, 2.45) is 0 Å². The zero-order chi connectivity index (χ0) is 24.6. The maximum atomic E-state index is 13.4. The molecular formula is C25H32Cl2N2O3S. The van der Waals surface area contributed by atoms with Crippen molar-refractivity contribution in [3.05, 3.63) is 63.6 Å². The molecule has 180 valence electrons. The van der Waals surface area contributed by atoms with Crippen molar-refractivity contribution in [3.63, 3.8) is 0 Å². The molecule has 0 bridgehead atoms. The van der Waals surface area contributed by atoms with Gasteiger partial charge in [-0.1, -0.05) is 48.3 Å². The zero-order valence-electron chi connectivity index (χ0n) is 19.8. The quantitative estimate of drug-likeness (QED) is 0.428. The van der Waals surface area contributed by atoms with Crippen LogP contribution in [0.3, 0.4) is 0 Å². The molecule has 0 fully saturated rings. The van der Waals surface area contributed by atoms with E-state index < -0.39 is 11.6 Å². The molecule has 0 aliphatic carbocycles. The van der Waals surface area contributed by atoms with E-state index in [1.165, 1.54) is 11.8 Å². The molecule has 5 nitrogen and oxygen atoms in total. The molecule has 0 spiro atoms. The number of hydrogen-bond acceptors (Lipinski definition) is 4. The lowest BCUT2D eigenvalue weighted by Crippen LogP contribution is -2.53. The molecule has 2 amide bonds. The van der Waals surface area contributed by atoms with Crippen LogP contribution in [0.5, 0.6) is 5.75 Å². The fourth-order valence-electron chi connectivity index (χ4n) is 3.33. The Hall–Kier alpha value is -1.89. The van der Waals surface area contributed by atoms with Gasteiger partial charge in [-0.25, -0.2) is 0 Å². The molecule has 0 heterocycles. The monoisotopic (exact) mass is 510 g/mol. The van der Waals surface area contributed by atoms with Crippen LogP contribution >= 0.6 is 35.0 Å². The number of ether oxygens (including phenoxy) is 1. The van der Waals surface area contributed by atoms with Gasteiger partial charge in [-0.15, -0.1) is 11.8 Å². The van der Waals surface area contributed by atoms with E-state index in [0.29, 0.717) is 34.5 Å². The van der Waals surface area contributed by atoms with Crippen LogP contribution in [-0.2, 0) is 21.9 Å². The smallest absolute Gasteiger partial charge is 0.243 e. The SMILES string of the molecule is CC[C@H](C(=O)NC(C)(C)C)N(Cc1cccc(OC)c1)C(=O)CSCc1c(Cl)cccc1Cl. The lowest BCUT2D eigenvalue weighted by Gasteiger charge is -2.33. The minimum Gasteiger partial charge on any atom is -0.497 e. The van der Waals surface area contributed by atoms with E-state index in [2.05, 4.69) is 5.32 Å². The zero-order valence-corrected chi connectivity index (χ0v) is 22.1. The van der Waals surface area contributed by atoms with Gasteiger partial charge in [0, 0.05) is 27.9 Å². The highest BCUT2D eigenvalue weighted by atomic mass is 35.5. The average molecular weight is 512 g/mol. The second-order valence-corrected chi connectivity index (χ2v) is 10.5. The molecule has 1 atom stereocenters. The molecule has 0 aromatic heterocycles. The topological polar surface area (TPSA) is 58.6 Å². The summed E-state index contributed by atoms with van der Waals surface area (Å²) in [6.07, 6.45) is 0.499. The van der Waals surface area contributed by atoms with Crippen molar-refractivity contribution in [1.29, 1.82) is 0 Å². The minimum atomic E-state index is -0.590. The third-order valence-corrected chi connectivity index (χ3v) is 6.56. The van der Waals surface area contributed by atoms with Crippen LogP contribution in [-0.4, -0.2) is 41.2 Å². The van der Waals surface area contributed by atoms with Crippen LogP contribution in [0.2, 0.25) is 10.0 Å². The number of nitrogens with one attached hydrogen (secondary N) is 1. The van der Waals surface area contributed by atoms with E-state index >= 15 is 0 Å². The molecule has 1 N–H and O–H groups in total. The molecule has 0 radical (unpaired) electrons. The van der Waals surface area contributed by atoms with Crippen LogP contribution in [0, 0.1) is 0 Å². The van der Waals surface area contributed by atoms with E-state index in [9.17, 15) is 9.59 Å². The van der Waals surface area contributed by atoms with Crippen LogP contribution in [0.1, 0.15) is 45.2 Å². The van der Waals surface area contributed by atoms with Gasteiger partial charge in [0.2, 0.25) is 11.8 Å². The average Bonchev–Trinajstić information content (AvgIpc) is 2.74. The highest BCUT2D eigenvalue weighted by Gasteiger charge is 2.30. The van der Waals surface area contributed by atoms with Crippen molar-refractivity contribution in [2.75, 3.05) is 12.9 Å². The van der Waals surface area contributed by atoms with Gasteiger partial charge in [-0.2, -0.15) is 0 Å². The predicted molar refractivity (Wildman–Crippen MR) is 138 cm³/mol. The summed E-state index contributed by atoms with van der Waals surface area (Å²) in [6.45, 7) is 7.99. The molecule has 0 saturated carbocycles. The lowest BCUT2D eigenvalue weighted by atomic mass is 10.1. The maximum Gasteiger partial charge on any atom is 0.243 e. The summed E-state index contributed by atoms with van der Waals surface area (Å²) in [7, 11) is 1.60. The molecule has 2 aromatic carbocycles. The van der Waals surface area contributed by atoms with Crippen molar-refractivity contribution in [3.8, 4) is 5.75 Å². The van der Waals surface area contributed by atoms with Gasteiger partial charge >= 0.3 is 0 Å². The van der Waals surface area contributed by atoms with E-state index in [-0.39, 0.29) is 17.6 Å². The molecule has 0 saturated heterocycles. The van der Waals surface area contributed by atoms with Crippen LogP contribution < -0.4 is 10.1 Å². The van der Waals surface area contributed by atoms with E-state index in [0.717, 1.165) is 11.1 Å². The molecule has 33 heavy (non-hydrogen) atoms. The first-order valence-electron chi connectivity index (χ1n) is 10.8. The number of carbonyl (C=O) groups excluding carboxylic acids is 2. The Morgan fingerprint density at radius 3 is 2.33 bits per heavy atom. The minimum absolute atomic E-state index is 0.123. The Kier molecular flexibility index (Phi) is 10.4. The normalized spacial score (nSPS) is 12.2. The molecular weight excluding hydrogens is 479 g/mol. The maximum absolute atomic E-state index is 13.4. The second-order valence-electron chi connectivity index (χ2n) is 8.73. The summed E-state index contributed by atoms with van der Waals surface area (Å²) in [6, 6.07) is 12.3. The van der Waals surface area contributed by atoms with Gasteiger partial charge in [0.1, 0.15) is 11.8 Å². The summed E-state index contributed by atoms with van der Waals surface area (Å²) in [5.74, 6) is 1.12. The summed E-state index contributed by atoms with van der Waals surface area (Å²) >= 11 is 13.9. The van der Waals surface area contributed by atoms with E-state index in [1.54, 1.807) is 30.2 Å². The van der Waals surface area contributed by atoms with Gasteiger partial charge < -0.3 is 15.0 Å². The molecule has 8 heteroatoms. The van der Waals surface area contributed by atoms with E-state index in [4.69, 9.17) is 27.9 Å². The number of carbonyl (C=O) groups is 2. The number of methoxy groups -OCH3 is 1. The second kappa shape index (κ2) is 12.5. The highest BCUT2D eigenvalue weighted by molar-refractivity contribution is 7.99. The van der Waals surface area contributed by atoms with Gasteiger partial charge in [0.15, 0.2) is 0 Å². The summed E-state index contributed by atoms with van der Waals surface area (Å²) < 4.78 is 5.32. The molecule has 0 aliphatic rings. The van der Waals surface area contributed by atoms with E-state index in [1.807, 2.05) is 52.0 Å². The lowest BCUT2D eigenvalue weighted by molar-refractivity contribution is -0.140. The van der Waals surface area contributed by atoms with Crippen LogP contribution in [0.25, 0.3) is 0 Å². The third-order valence-electron chi connectivity index (χ3n) is 4.90. The molecule has 2 rings (SSSR count). The third kappa shape index (κ3) is 8.43. The van der Waals surface area contributed by atoms with Crippen LogP contribution in [0.15, 0.2) is 42.5 Å². The number of hydrogen-bond donors (Lipinski definition) is 1. The summed E-state index contributed by atoms with van der Waals surface area (Å²) in [5.41, 5.74) is 1.30. The van der Waals surface area contributed by atoms with Crippen molar-refractivity contribution < 1.29 is 14.3 Å². The van der Waals surface area contributed by atoms with Gasteiger partial charge in [0.25, 0.3) is 0 Å². The predicted octanol–water partition coefficient (Wildman–Crippen LogP) is 5.96. The first kappa shape index (κ1) is 27.4. The highest BCUT2D eigenvalue weighted by Crippen LogP contribution is 2.28. The fraction of sp³-hybridized carbons (Fsp3) is 0.440. The van der Waals surface area contributed by atoms with Crippen molar-refractivity contribution in [1.82, 2.24) is 10.2 Å². The Bertz CT molecular complexity index is 943. The Balaban J connectivity index is 2.22. The molecule has 0 aliphatic heterocycles. The molecule has 2 aromatic rings. The molecule has 0 unspecified atom stereocenters. The number of rotatable bonds is 10. The number of benzene rings is 2. The van der Waals surface area contributed by atoms with Gasteiger partial charge in [-0.3, -0.25) is 9.59 Å². The summed E-state index contributed by atoms with van der Waals surface area (Å²) in [5, 5.41) is 4.16.